The van der Waals surface area contributed by atoms with Crippen molar-refractivity contribution in [3.05, 3.63) is 94.8 Å². The van der Waals surface area contributed by atoms with Crippen molar-refractivity contribution in [2.75, 3.05) is 6.61 Å². The van der Waals surface area contributed by atoms with Crippen molar-refractivity contribution in [1.29, 1.82) is 0 Å². The molecular formula is C29H26F3NO3. The van der Waals surface area contributed by atoms with Crippen molar-refractivity contribution in [3.8, 4) is 11.1 Å². The lowest BCUT2D eigenvalue weighted by atomic mass is 9.72. The van der Waals surface area contributed by atoms with Gasteiger partial charge in [0.05, 0.1) is 11.2 Å². The SMILES string of the molecule is O=C(OCC1c2ccccc2-c2ccccc21)N1C2CCCC1CC(O)(c1c(F)ccc(F)c1F)C2. The molecule has 4 nitrogen and oxygen atoms in total. The van der Waals surface area contributed by atoms with Crippen LogP contribution in [0.4, 0.5) is 18.0 Å². The Morgan fingerprint density at radius 3 is 2.06 bits per heavy atom. The number of ether oxygens (including phenoxy) is 1. The van der Waals surface area contributed by atoms with Crippen LogP contribution in [0.5, 0.6) is 0 Å². The summed E-state index contributed by atoms with van der Waals surface area (Å²) in [5, 5.41) is 11.3. The summed E-state index contributed by atoms with van der Waals surface area (Å²) in [5.74, 6) is -3.64. The van der Waals surface area contributed by atoms with Crippen molar-refractivity contribution < 1.29 is 27.8 Å². The first-order chi connectivity index (χ1) is 17.4. The molecular weight excluding hydrogens is 467 g/mol. The fraction of sp³-hybridized carbons (Fsp3) is 0.345. The van der Waals surface area contributed by atoms with Gasteiger partial charge in [0.25, 0.3) is 0 Å². The topological polar surface area (TPSA) is 49.8 Å². The maximum absolute atomic E-state index is 14.6. The van der Waals surface area contributed by atoms with Crippen LogP contribution in [0.2, 0.25) is 0 Å². The molecule has 0 aromatic heterocycles. The van der Waals surface area contributed by atoms with Gasteiger partial charge in [-0.1, -0.05) is 48.5 Å². The van der Waals surface area contributed by atoms with Gasteiger partial charge in [-0.25, -0.2) is 18.0 Å². The Hall–Kier alpha value is -3.32. The predicted molar refractivity (Wildman–Crippen MR) is 128 cm³/mol. The third-order valence-electron chi connectivity index (χ3n) is 8.06. The number of carbonyl (C=O) groups excluding carboxylic acids is 1. The Bertz CT molecular complexity index is 1280. The van der Waals surface area contributed by atoms with Gasteiger partial charge in [-0.15, -0.1) is 0 Å². The van der Waals surface area contributed by atoms with Gasteiger partial charge >= 0.3 is 6.09 Å². The molecule has 1 aliphatic carbocycles. The fourth-order valence-corrected chi connectivity index (χ4v) is 6.55. The molecule has 2 atom stereocenters. The molecule has 186 valence electrons. The third kappa shape index (κ3) is 3.60. The van der Waals surface area contributed by atoms with E-state index >= 15 is 0 Å². The van der Waals surface area contributed by atoms with Crippen LogP contribution >= 0.6 is 0 Å². The zero-order chi connectivity index (χ0) is 25.0. The van der Waals surface area contributed by atoms with Crippen molar-refractivity contribution in [2.45, 2.75) is 55.7 Å². The molecule has 2 fully saturated rings. The highest BCUT2D eigenvalue weighted by molar-refractivity contribution is 5.79. The Labute approximate surface area is 207 Å². The number of benzene rings is 3. The summed E-state index contributed by atoms with van der Waals surface area (Å²) in [6, 6.07) is 16.8. The van der Waals surface area contributed by atoms with Gasteiger partial charge in [-0.05, 0) is 53.6 Å². The standard InChI is InChI=1S/C29H26F3NO3/c30-24-12-13-25(31)27(32)26(24)29(35)14-17-6-5-7-18(15-29)33(17)28(34)36-16-23-21-10-3-1-8-19(21)20-9-2-4-11-22(20)23/h1-4,8-13,17-18,23,35H,5-7,14-16H2. The van der Waals surface area contributed by atoms with Crippen LogP contribution in [0.3, 0.4) is 0 Å². The Morgan fingerprint density at radius 2 is 1.44 bits per heavy atom. The number of piperidine rings is 2. The maximum atomic E-state index is 14.6. The maximum Gasteiger partial charge on any atom is 0.410 e. The quantitative estimate of drug-likeness (QED) is 0.439. The molecule has 36 heavy (non-hydrogen) atoms. The molecule has 0 spiro atoms. The molecule has 6 rings (SSSR count). The molecule has 0 saturated carbocycles. The molecule has 0 radical (unpaired) electrons. The van der Waals surface area contributed by atoms with Crippen LogP contribution in [0.1, 0.15) is 54.7 Å². The molecule has 2 heterocycles. The summed E-state index contributed by atoms with van der Waals surface area (Å²) in [6.07, 6.45) is 1.32. The monoisotopic (exact) mass is 493 g/mol. The molecule has 3 aliphatic rings. The number of nitrogens with zero attached hydrogens (tertiary/aromatic N) is 1. The number of rotatable bonds is 3. The van der Waals surface area contributed by atoms with Crippen molar-refractivity contribution in [3.63, 3.8) is 0 Å². The van der Waals surface area contributed by atoms with E-state index in [1.165, 1.54) is 0 Å². The Balaban J connectivity index is 1.23. The number of hydrogen-bond acceptors (Lipinski definition) is 3. The minimum atomic E-state index is -1.90. The number of carbonyl (C=O) groups is 1. The minimum absolute atomic E-state index is 0.0784. The van der Waals surface area contributed by atoms with E-state index in [0.29, 0.717) is 18.9 Å². The van der Waals surface area contributed by atoms with E-state index in [1.807, 2.05) is 36.4 Å². The first-order valence-corrected chi connectivity index (χ1v) is 12.4. The molecule has 7 heteroatoms. The lowest BCUT2D eigenvalue weighted by molar-refractivity contribution is -0.0925. The van der Waals surface area contributed by atoms with E-state index in [2.05, 4.69) is 12.1 Å². The van der Waals surface area contributed by atoms with Crippen molar-refractivity contribution in [2.24, 2.45) is 0 Å². The number of fused-ring (bicyclic) bond motifs is 5. The van der Waals surface area contributed by atoms with E-state index in [4.69, 9.17) is 4.74 Å². The van der Waals surface area contributed by atoms with Gasteiger partial charge in [0.2, 0.25) is 0 Å². The van der Waals surface area contributed by atoms with Gasteiger partial charge in [0.15, 0.2) is 11.6 Å². The van der Waals surface area contributed by atoms with Crippen LogP contribution in [-0.2, 0) is 10.3 Å². The molecule has 2 bridgehead atoms. The zero-order valence-corrected chi connectivity index (χ0v) is 19.6. The highest BCUT2D eigenvalue weighted by Gasteiger charge is 2.51. The Kier molecular flexibility index (Phi) is 5.56. The summed E-state index contributed by atoms with van der Waals surface area (Å²) in [7, 11) is 0. The number of amides is 1. The van der Waals surface area contributed by atoms with E-state index < -0.39 is 46.8 Å². The highest BCUT2D eigenvalue weighted by Crippen LogP contribution is 2.47. The summed E-state index contributed by atoms with van der Waals surface area (Å²) >= 11 is 0. The second kappa shape index (κ2) is 8.66. The number of aliphatic hydroxyl groups is 1. The van der Waals surface area contributed by atoms with Crippen LogP contribution in [0, 0.1) is 17.5 Å². The second-order valence-corrected chi connectivity index (χ2v) is 10.1. The van der Waals surface area contributed by atoms with Crippen LogP contribution in [0.15, 0.2) is 60.7 Å². The minimum Gasteiger partial charge on any atom is -0.448 e. The van der Waals surface area contributed by atoms with Crippen molar-refractivity contribution >= 4 is 6.09 Å². The summed E-state index contributed by atoms with van der Waals surface area (Å²) in [4.78, 5) is 15.0. The zero-order valence-electron chi connectivity index (χ0n) is 19.6. The van der Waals surface area contributed by atoms with Gasteiger partial charge in [-0.2, -0.15) is 0 Å². The Morgan fingerprint density at radius 1 is 0.889 bits per heavy atom. The van der Waals surface area contributed by atoms with E-state index in [9.17, 15) is 23.1 Å². The predicted octanol–water partition coefficient (Wildman–Crippen LogP) is 6.26. The molecule has 2 aliphatic heterocycles. The van der Waals surface area contributed by atoms with Crippen molar-refractivity contribution in [1.82, 2.24) is 4.90 Å². The molecule has 1 amide bonds. The van der Waals surface area contributed by atoms with E-state index in [-0.39, 0.29) is 25.4 Å². The molecule has 2 unspecified atom stereocenters. The summed E-state index contributed by atoms with van der Waals surface area (Å²) in [5.41, 5.74) is 1.94. The normalized spacial score (nSPS) is 24.8. The summed E-state index contributed by atoms with van der Waals surface area (Å²) < 4.78 is 48.9. The molecule has 3 aromatic rings. The lowest BCUT2D eigenvalue weighted by Gasteiger charge is -2.51. The summed E-state index contributed by atoms with van der Waals surface area (Å²) in [6.45, 7) is 0.167. The first kappa shape index (κ1) is 23.1. The van der Waals surface area contributed by atoms with E-state index in [0.717, 1.165) is 34.7 Å². The highest BCUT2D eigenvalue weighted by atomic mass is 19.2. The average Bonchev–Trinajstić information content (AvgIpc) is 3.18. The fourth-order valence-electron chi connectivity index (χ4n) is 6.55. The molecule has 1 N–H and O–H groups in total. The second-order valence-electron chi connectivity index (χ2n) is 10.1. The van der Waals surface area contributed by atoms with Gasteiger partial charge in [-0.3, -0.25) is 0 Å². The van der Waals surface area contributed by atoms with Crippen LogP contribution in [-0.4, -0.2) is 34.8 Å². The van der Waals surface area contributed by atoms with Gasteiger partial charge < -0.3 is 14.7 Å². The smallest absolute Gasteiger partial charge is 0.410 e. The van der Waals surface area contributed by atoms with Gasteiger partial charge in [0, 0.05) is 30.8 Å². The van der Waals surface area contributed by atoms with Crippen LogP contribution in [0.25, 0.3) is 11.1 Å². The largest absolute Gasteiger partial charge is 0.448 e. The van der Waals surface area contributed by atoms with Crippen LogP contribution < -0.4 is 0 Å². The third-order valence-corrected chi connectivity index (χ3v) is 8.06. The number of halogens is 3. The van der Waals surface area contributed by atoms with E-state index in [1.54, 1.807) is 4.90 Å². The molecule has 2 saturated heterocycles. The average molecular weight is 494 g/mol. The first-order valence-electron chi connectivity index (χ1n) is 12.4. The lowest BCUT2D eigenvalue weighted by Crippen LogP contribution is -2.59. The molecule has 3 aromatic carbocycles. The van der Waals surface area contributed by atoms with Gasteiger partial charge in [0.1, 0.15) is 12.4 Å². The number of hydrogen-bond donors (Lipinski definition) is 1.